The van der Waals surface area contributed by atoms with Gasteiger partial charge in [-0.3, -0.25) is 4.79 Å². The third-order valence-corrected chi connectivity index (χ3v) is 4.17. The number of fused-ring (bicyclic) bond motifs is 1. The molecule has 100 valence electrons. The van der Waals surface area contributed by atoms with Gasteiger partial charge in [0.15, 0.2) is 5.78 Å². The molecule has 3 rings (SSSR count). The predicted octanol–water partition coefficient (Wildman–Crippen LogP) is 3.79. The zero-order valence-electron chi connectivity index (χ0n) is 10.8. The Balaban J connectivity index is 2.17. The first kappa shape index (κ1) is 13.1. The van der Waals surface area contributed by atoms with E-state index in [-0.39, 0.29) is 5.78 Å². The Morgan fingerprint density at radius 2 is 2.25 bits per heavy atom. The fourth-order valence-corrected chi connectivity index (χ4v) is 2.73. The molecule has 0 saturated heterocycles. The summed E-state index contributed by atoms with van der Waals surface area (Å²) < 4.78 is 0.973. The van der Waals surface area contributed by atoms with E-state index in [9.17, 15) is 4.79 Å². The number of rotatable bonds is 3. The number of aromatic amines is 1. The highest BCUT2D eigenvalue weighted by Gasteiger charge is 2.39. The SMILES string of the molecule is C=CC(=O)C1(c2nc3ccccc3[nH]2)C=CC(Br)=CC1. The van der Waals surface area contributed by atoms with Crippen LogP contribution in [0.15, 0.2) is 59.6 Å². The highest BCUT2D eigenvalue weighted by molar-refractivity contribution is 9.11. The van der Waals surface area contributed by atoms with E-state index in [2.05, 4.69) is 32.5 Å². The Bertz CT molecular complexity index is 724. The Labute approximate surface area is 125 Å². The average Bonchev–Trinajstić information content (AvgIpc) is 2.92. The normalized spacial score (nSPS) is 21.8. The summed E-state index contributed by atoms with van der Waals surface area (Å²) in [6.07, 6.45) is 7.69. The second-order valence-electron chi connectivity index (χ2n) is 4.77. The van der Waals surface area contributed by atoms with Crippen LogP contribution in [0.2, 0.25) is 0 Å². The van der Waals surface area contributed by atoms with Crippen LogP contribution in [0.1, 0.15) is 12.2 Å². The van der Waals surface area contributed by atoms with Gasteiger partial charge in [0.25, 0.3) is 0 Å². The zero-order valence-corrected chi connectivity index (χ0v) is 12.4. The number of para-hydroxylation sites is 2. The summed E-state index contributed by atoms with van der Waals surface area (Å²) in [7, 11) is 0. The molecule has 20 heavy (non-hydrogen) atoms. The number of hydrogen-bond donors (Lipinski definition) is 1. The van der Waals surface area contributed by atoms with E-state index in [1.54, 1.807) is 0 Å². The molecule has 0 fully saturated rings. The van der Waals surface area contributed by atoms with E-state index in [0.717, 1.165) is 15.5 Å². The van der Waals surface area contributed by atoms with Gasteiger partial charge in [0.2, 0.25) is 0 Å². The van der Waals surface area contributed by atoms with Gasteiger partial charge in [-0.1, -0.05) is 52.9 Å². The van der Waals surface area contributed by atoms with E-state index in [1.807, 2.05) is 42.5 Å². The standard InChI is InChI=1S/C16H13BrN2O/c1-2-14(20)16(9-7-11(17)8-10-16)15-18-12-5-3-4-6-13(12)19-15/h2-9H,1,10H2,(H,18,19). The largest absolute Gasteiger partial charge is 0.341 e. The maximum absolute atomic E-state index is 12.4. The molecule has 1 atom stereocenters. The van der Waals surface area contributed by atoms with Crippen LogP contribution in [0.25, 0.3) is 11.0 Å². The summed E-state index contributed by atoms with van der Waals surface area (Å²) >= 11 is 3.42. The lowest BCUT2D eigenvalue weighted by molar-refractivity contribution is -0.118. The molecule has 0 bridgehead atoms. The number of carbonyl (C=O) groups is 1. The van der Waals surface area contributed by atoms with Crippen LogP contribution in [0.4, 0.5) is 0 Å². The van der Waals surface area contributed by atoms with Crippen LogP contribution < -0.4 is 0 Å². The monoisotopic (exact) mass is 328 g/mol. The van der Waals surface area contributed by atoms with Crippen LogP contribution in [-0.2, 0) is 10.2 Å². The molecule has 1 unspecified atom stereocenters. The van der Waals surface area contributed by atoms with Crippen LogP contribution >= 0.6 is 15.9 Å². The first-order chi connectivity index (χ1) is 9.65. The van der Waals surface area contributed by atoms with Gasteiger partial charge in [0, 0.05) is 4.48 Å². The average molecular weight is 329 g/mol. The maximum Gasteiger partial charge on any atom is 0.172 e. The molecular formula is C16H13BrN2O. The highest BCUT2D eigenvalue weighted by atomic mass is 79.9. The summed E-state index contributed by atoms with van der Waals surface area (Å²) in [5.41, 5.74) is 1.01. The Morgan fingerprint density at radius 3 is 2.90 bits per heavy atom. The molecule has 1 aliphatic carbocycles. The van der Waals surface area contributed by atoms with Crippen molar-refractivity contribution >= 4 is 32.7 Å². The Kier molecular flexibility index (Phi) is 3.18. The van der Waals surface area contributed by atoms with E-state index >= 15 is 0 Å². The van der Waals surface area contributed by atoms with Crippen molar-refractivity contribution in [3.63, 3.8) is 0 Å². The van der Waals surface area contributed by atoms with Gasteiger partial charge in [-0.05, 0) is 24.6 Å². The molecule has 0 amide bonds. The second-order valence-corrected chi connectivity index (χ2v) is 5.68. The number of H-pyrrole nitrogens is 1. The number of allylic oxidation sites excluding steroid dienone is 5. The zero-order chi connectivity index (χ0) is 14.2. The number of ketones is 1. The quantitative estimate of drug-likeness (QED) is 0.871. The summed E-state index contributed by atoms with van der Waals surface area (Å²) in [6.45, 7) is 3.62. The smallest absolute Gasteiger partial charge is 0.172 e. The summed E-state index contributed by atoms with van der Waals surface area (Å²) in [5.74, 6) is 0.611. The second kappa shape index (κ2) is 4.87. The lowest BCUT2D eigenvalue weighted by Gasteiger charge is -2.26. The molecule has 0 spiro atoms. The molecule has 1 heterocycles. The Hall–Kier alpha value is -1.94. The van der Waals surface area contributed by atoms with Crippen molar-refractivity contribution < 1.29 is 4.79 Å². The van der Waals surface area contributed by atoms with Crippen molar-refractivity contribution in [1.29, 1.82) is 0 Å². The number of nitrogens with zero attached hydrogens (tertiary/aromatic N) is 1. The fourth-order valence-electron chi connectivity index (χ4n) is 2.44. The first-order valence-electron chi connectivity index (χ1n) is 6.33. The minimum absolute atomic E-state index is 0.0518. The number of imidazole rings is 1. The minimum Gasteiger partial charge on any atom is -0.341 e. The van der Waals surface area contributed by atoms with Crippen molar-refractivity contribution in [3.05, 3.63) is 65.5 Å². The fraction of sp³-hybridized carbons (Fsp3) is 0.125. The number of carbonyl (C=O) groups excluding carboxylic acids is 1. The van der Waals surface area contributed by atoms with E-state index < -0.39 is 5.41 Å². The van der Waals surface area contributed by atoms with E-state index in [0.29, 0.717) is 12.2 Å². The Morgan fingerprint density at radius 1 is 1.45 bits per heavy atom. The first-order valence-corrected chi connectivity index (χ1v) is 7.12. The third kappa shape index (κ3) is 1.96. The van der Waals surface area contributed by atoms with Crippen LogP contribution in [0.3, 0.4) is 0 Å². The van der Waals surface area contributed by atoms with E-state index in [4.69, 9.17) is 0 Å². The molecule has 1 aromatic carbocycles. The molecular weight excluding hydrogens is 316 g/mol. The lowest BCUT2D eigenvalue weighted by atomic mass is 9.77. The molecule has 1 N–H and O–H groups in total. The van der Waals surface area contributed by atoms with Crippen LogP contribution in [0.5, 0.6) is 0 Å². The predicted molar refractivity (Wildman–Crippen MR) is 83.7 cm³/mol. The highest BCUT2D eigenvalue weighted by Crippen LogP contribution is 2.36. The van der Waals surface area contributed by atoms with Gasteiger partial charge in [-0.2, -0.15) is 0 Å². The van der Waals surface area contributed by atoms with Crippen molar-refractivity contribution in [2.75, 3.05) is 0 Å². The van der Waals surface area contributed by atoms with Crippen molar-refractivity contribution in [2.45, 2.75) is 11.8 Å². The molecule has 0 saturated carbocycles. The maximum atomic E-state index is 12.4. The molecule has 0 radical (unpaired) electrons. The van der Waals surface area contributed by atoms with Crippen LogP contribution in [0, 0.1) is 0 Å². The van der Waals surface area contributed by atoms with Gasteiger partial charge >= 0.3 is 0 Å². The summed E-state index contributed by atoms with van der Waals surface area (Å²) in [5, 5.41) is 0. The number of nitrogens with one attached hydrogen (secondary N) is 1. The van der Waals surface area contributed by atoms with Gasteiger partial charge in [-0.15, -0.1) is 0 Å². The van der Waals surface area contributed by atoms with E-state index in [1.165, 1.54) is 6.08 Å². The number of aromatic nitrogens is 2. The molecule has 3 nitrogen and oxygen atoms in total. The number of benzene rings is 1. The van der Waals surface area contributed by atoms with Gasteiger partial charge in [-0.25, -0.2) is 4.98 Å². The van der Waals surface area contributed by atoms with Gasteiger partial charge in [0.1, 0.15) is 11.2 Å². The van der Waals surface area contributed by atoms with Crippen molar-refractivity contribution in [3.8, 4) is 0 Å². The topological polar surface area (TPSA) is 45.8 Å². The molecule has 1 aliphatic rings. The van der Waals surface area contributed by atoms with Gasteiger partial charge in [0.05, 0.1) is 11.0 Å². The van der Waals surface area contributed by atoms with Gasteiger partial charge < -0.3 is 4.98 Å². The molecule has 2 aromatic rings. The molecule has 0 aliphatic heterocycles. The lowest BCUT2D eigenvalue weighted by Crippen LogP contribution is -2.34. The third-order valence-electron chi connectivity index (χ3n) is 3.58. The number of hydrogen-bond acceptors (Lipinski definition) is 2. The van der Waals surface area contributed by atoms with Crippen molar-refractivity contribution in [2.24, 2.45) is 0 Å². The van der Waals surface area contributed by atoms with Crippen LogP contribution in [-0.4, -0.2) is 15.8 Å². The molecule has 1 aromatic heterocycles. The number of halogens is 1. The minimum atomic E-state index is -0.780. The van der Waals surface area contributed by atoms with Crippen molar-refractivity contribution in [1.82, 2.24) is 9.97 Å². The summed E-state index contributed by atoms with van der Waals surface area (Å²) in [6, 6.07) is 7.76. The summed E-state index contributed by atoms with van der Waals surface area (Å²) in [4.78, 5) is 20.2. The molecule has 4 heteroatoms.